The molecule has 0 fully saturated rings. The first-order valence-electron chi connectivity index (χ1n) is 9.98. The summed E-state index contributed by atoms with van der Waals surface area (Å²) in [5, 5.41) is 3.02. The van der Waals surface area contributed by atoms with Gasteiger partial charge in [0.25, 0.3) is 15.9 Å². The van der Waals surface area contributed by atoms with E-state index in [2.05, 4.69) is 5.32 Å². The van der Waals surface area contributed by atoms with Gasteiger partial charge in [0.15, 0.2) is 0 Å². The number of para-hydroxylation sites is 1. The largest absolute Gasteiger partial charge is 0.497 e. The average Bonchev–Trinajstić information content (AvgIpc) is 2.78. The second-order valence-electron chi connectivity index (χ2n) is 7.51. The van der Waals surface area contributed by atoms with E-state index in [4.69, 9.17) is 16.3 Å². The Labute approximate surface area is 193 Å². The quantitative estimate of drug-likeness (QED) is 0.489. The van der Waals surface area contributed by atoms with Crippen LogP contribution in [0.1, 0.15) is 35.7 Å². The Bertz CT molecular complexity index is 1230. The summed E-state index contributed by atoms with van der Waals surface area (Å²) in [5.41, 5.74) is 2.17. The molecule has 0 saturated carbocycles. The number of rotatable bonds is 7. The van der Waals surface area contributed by atoms with Crippen molar-refractivity contribution < 1.29 is 17.9 Å². The number of carbonyl (C=O) groups excluding carboxylic acids is 1. The Hall–Kier alpha value is -3.03. The van der Waals surface area contributed by atoms with Gasteiger partial charge in [0, 0.05) is 12.7 Å². The van der Waals surface area contributed by atoms with Crippen molar-refractivity contribution in [3.8, 4) is 5.75 Å². The SMILES string of the molecule is COc1ccc(N(C)S(=O)(=O)c2ccc(Cl)c(C(=O)Nc3ccccc3C(C)C)c2)cc1. The molecule has 32 heavy (non-hydrogen) atoms. The zero-order chi connectivity index (χ0) is 23.5. The molecule has 0 spiro atoms. The van der Waals surface area contributed by atoms with Gasteiger partial charge in [-0.15, -0.1) is 0 Å². The van der Waals surface area contributed by atoms with Crippen molar-refractivity contribution in [1.29, 1.82) is 0 Å². The van der Waals surface area contributed by atoms with Crippen LogP contribution in [0.3, 0.4) is 0 Å². The lowest BCUT2D eigenvalue weighted by Gasteiger charge is -2.20. The highest BCUT2D eigenvalue weighted by atomic mass is 35.5. The molecule has 1 amide bonds. The lowest BCUT2D eigenvalue weighted by molar-refractivity contribution is 0.102. The standard InChI is InChI=1S/C24H25ClN2O4S/c1-16(2)20-7-5-6-8-23(20)26-24(28)21-15-19(13-14-22(21)25)32(29,30)27(3)17-9-11-18(31-4)12-10-17/h5-16H,1-4H3,(H,26,28). The summed E-state index contributed by atoms with van der Waals surface area (Å²) in [5.74, 6) is 0.339. The molecule has 0 bridgehead atoms. The number of ether oxygens (including phenoxy) is 1. The smallest absolute Gasteiger partial charge is 0.264 e. The van der Waals surface area contributed by atoms with E-state index in [0.29, 0.717) is 17.1 Å². The van der Waals surface area contributed by atoms with Crippen molar-refractivity contribution in [3.05, 3.63) is 82.9 Å². The van der Waals surface area contributed by atoms with Gasteiger partial charge in [0.2, 0.25) is 0 Å². The molecule has 8 heteroatoms. The summed E-state index contributed by atoms with van der Waals surface area (Å²) >= 11 is 6.26. The molecule has 0 unspecified atom stereocenters. The van der Waals surface area contributed by atoms with E-state index in [1.807, 2.05) is 32.0 Å². The molecule has 0 aliphatic carbocycles. The first kappa shape index (κ1) is 23.6. The summed E-state index contributed by atoms with van der Waals surface area (Å²) in [7, 11) is -0.939. The fourth-order valence-corrected chi connectivity index (χ4v) is 4.66. The predicted molar refractivity (Wildman–Crippen MR) is 129 cm³/mol. The molecule has 3 aromatic carbocycles. The highest BCUT2D eigenvalue weighted by Crippen LogP contribution is 2.29. The first-order chi connectivity index (χ1) is 15.1. The van der Waals surface area contributed by atoms with Gasteiger partial charge in [-0.25, -0.2) is 8.42 Å². The fourth-order valence-electron chi connectivity index (χ4n) is 3.23. The van der Waals surface area contributed by atoms with Crippen LogP contribution in [0.15, 0.2) is 71.6 Å². The molecular weight excluding hydrogens is 448 g/mol. The van der Waals surface area contributed by atoms with Crippen LogP contribution in [0, 0.1) is 0 Å². The first-order valence-corrected chi connectivity index (χ1v) is 11.8. The Morgan fingerprint density at radius 1 is 1.03 bits per heavy atom. The molecule has 0 atom stereocenters. The van der Waals surface area contributed by atoms with Crippen LogP contribution in [-0.4, -0.2) is 28.5 Å². The van der Waals surface area contributed by atoms with Gasteiger partial charge >= 0.3 is 0 Å². The maximum Gasteiger partial charge on any atom is 0.264 e. The number of nitrogens with one attached hydrogen (secondary N) is 1. The van der Waals surface area contributed by atoms with Crippen LogP contribution < -0.4 is 14.4 Å². The van der Waals surface area contributed by atoms with E-state index < -0.39 is 15.9 Å². The lowest BCUT2D eigenvalue weighted by atomic mass is 10.0. The van der Waals surface area contributed by atoms with Gasteiger partial charge in [-0.3, -0.25) is 9.10 Å². The summed E-state index contributed by atoms with van der Waals surface area (Å²) in [4.78, 5) is 12.9. The molecule has 3 aromatic rings. The van der Waals surface area contributed by atoms with Gasteiger partial charge < -0.3 is 10.1 Å². The number of carbonyl (C=O) groups is 1. The Balaban J connectivity index is 1.93. The van der Waals surface area contributed by atoms with Crippen molar-refractivity contribution in [2.45, 2.75) is 24.7 Å². The lowest BCUT2D eigenvalue weighted by Crippen LogP contribution is -2.27. The maximum atomic E-state index is 13.2. The Morgan fingerprint density at radius 2 is 1.69 bits per heavy atom. The molecule has 0 heterocycles. The average molecular weight is 473 g/mol. The van der Waals surface area contributed by atoms with E-state index in [1.165, 1.54) is 32.4 Å². The highest BCUT2D eigenvalue weighted by Gasteiger charge is 2.24. The predicted octanol–water partition coefficient (Wildman–Crippen LogP) is 5.55. The van der Waals surface area contributed by atoms with Crippen molar-refractivity contribution in [3.63, 3.8) is 0 Å². The van der Waals surface area contributed by atoms with E-state index in [-0.39, 0.29) is 21.4 Å². The van der Waals surface area contributed by atoms with E-state index >= 15 is 0 Å². The summed E-state index contributed by atoms with van der Waals surface area (Å²) in [6.07, 6.45) is 0. The molecule has 6 nitrogen and oxygen atoms in total. The van der Waals surface area contributed by atoms with Crippen LogP contribution in [0.4, 0.5) is 11.4 Å². The molecule has 3 rings (SSSR count). The van der Waals surface area contributed by atoms with Crippen LogP contribution >= 0.6 is 11.6 Å². The molecule has 0 aromatic heterocycles. The molecule has 0 radical (unpaired) electrons. The summed E-state index contributed by atoms with van der Waals surface area (Å²) < 4.78 is 32.7. The third kappa shape index (κ3) is 4.89. The van der Waals surface area contributed by atoms with Crippen molar-refractivity contribution in [2.75, 3.05) is 23.8 Å². The number of methoxy groups -OCH3 is 1. The van der Waals surface area contributed by atoms with Gasteiger partial charge in [0.1, 0.15) is 5.75 Å². The Morgan fingerprint density at radius 3 is 2.31 bits per heavy atom. The summed E-state index contributed by atoms with van der Waals surface area (Å²) in [6, 6.07) is 18.2. The zero-order valence-corrected chi connectivity index (χ0v) is 19.9. The molecule has 0 aliphatic rings. The van der Waals surface area contributed by atoms with E-state index in [1.54, 1.807) is 30.3 Å². The van der Waals surface area contributed by atoms with Gasteiger partial charge in [-0.2, -0.15) is 0 Å². The number of benzene rings is 3. The second-order valence-corrected chi connectivity index (χ2v) is 9.88. The van der Waals surface area contributed by atoms with Crippen LogP contribution in [-0.2, 0) is 10.0 Å². The summed E-state index contributed by atoms with van der Waals surface area (Å²) in [6.45, 7) is 4.06. The number of halogens is 1. The third-order valence-electron chi connectivity index (χ3n) is 5.11. The maximum absolute atomic E-state index is 13.2. The molecule has 0 aliphatic heterocycles. The molecular formula is C24H25ClN2O4S. The number of hydrogen-bond acceptors (Lipinski definition) is 4. The van der Waals surface area contributed by atoms with Crippen LogP contribution in [0.5, 0.6) is 5.75 Å². The minimum Gasteiger partial charge on any atom is -0.497 e. The number of nitrogens with zero attached hydrogens (tertiary/aromatic N) is 1. The number of anilines is 2. The van der Waals surface area contributed by atoms with E-state index in [0.717, 1.165) is 9.87 Å². The van der Waals surface area contributed by atoms with Crippen molar-refractivity contribution in [2.24, 2.45) is 0 Å². The van der Waals surface area contributed by atoms with Crippen molar-refractivity contribution >= 4 is 38.9 Å². The topological polar surface area (TPSA) is 75.7 Å². The van der Waals surface area contributed by atoms with Crippen LogP contribution in [0.2, 0.25) is 5.02 Å². The fraction of sp³-hybridized carbons (Fsp3) is 0.208. The molecule has 168 valence electrons. The van der Waals surface area contributed by atoms with Gasteiger partial charge in [-0.1, -0.05) is 43.6 Å². The van der Waals surface area contributed by atoms with E-state index in [9.17, 15) is 13.2 Å². The van der Waals surface area contributed by atoms with Crippen molar-refractivity contribution in [1.82, 2.24) is 0 Å². The van der Waals surface area contributed by atoms with Gasteiger partial charge in [-0.05, 0) is 60.0 Å². The number of sulfonamides is 1. The third-order valence-corrected chi connectivity index (χ3v) is 7.22. The molecule has 1 N–H and O–H groups in total. The number of amides is 1. The normalized spacial score (nSPS) is 11.3. The minimum absolute atomic E-state index is 0.0393. The van der Waals surface area contributed by atoms with Crippen LogP contribution in [0.25, 0.3) is 0 Å². The molecule has 0 saturated heterocycles. The zero-order valence-electron chi connectivity index (χ0n) is 18.3. The second kappa shape index (κ2) is 9.63. The van der Waals surface area contributed by atoms with Gasteiger partial charge in [0.05, 0.1) is 28.3 Å². The number of hydrogen-bond donors (Lipinski definition) is 1. The highest BCUT2D eigenvalue weighted by molar-refractivity contribution is 7.92. The monoisotopic (exact) mass is 472 g/mol. The minimum atomic E-state index is -3.92. The Kier molecular flexibility index (Phi) is 7.11.